The van der Waals surface area contributed by atoms with E-state index in [4.69, 9.17) is 5.73 Å². The SMILES string of the molecule is CC(C)N(C)S(=O)(=O)N1CCC(N)C1.Cl. The van der Waals surface area contributed by atoms with Gasteiger partial charge in [0.15, 0.2) is 0 Å². The molecule has 0 aromatic carbocycles. The summed E-state index contributed by atoms with van der Waals surface area (Å²) >= 11 is 0. The van der Waals surface area contributed by atoms with E-state index in [1.54, 1.807) is 7.05 Å². The maximum Gasteiger partial charge on any atom is 0.282 e. The standard InChI is InChI=1S/C8H19N3O2S.ClH/c1-7(2)10(3)14(12,13)11-5-4-8(9)6-11;/h7-8H,4-6,9H2,1-3H3;1H. The first kappa shape index (κ1) is 15.1. The monoisotopic (exact) mass is 257 g/mol. The van der Waals surface area contributed by atoms with Crippen molar-refractivity contribution in [2.24, 2.45) is 5.73 Å². The van der Waals surface area contributed by atoms with Crippen LogP contribution in [0.2, 0.25) is 0 Å². The summed E-state index contributed by atoms with van der Waals surface area (Å²) in [5, 5.41) is 0. The van der Waals surface area contributed by atoms with Crippen molar-refractivity contribution in [3.05, 3.63) is 0 Å². The summed E-state index contributed by atoms with van der Waals surface area (Å²) in [6.45, 7) is 4.70. The van der Waals surface area contributed by atoms with Gasteiger partial charge in [0.05, 0.1) is 0 Å². The molecular weight excluding hydrogens is 238 g/mol. The van der Waals surface area contributed by atoms with Gasteiger partial charge in [0.2, 0.25) is 0 Å². The van der Waals surface area contributed by atoms with Crippen molar-refractivity contribution >= 4 is 22.6 Å². The molecule has 1 heterocycles. The molecule has 1 saturated heterocycles. The second kappa shape index (κ2) is 5.45. The molecule has 7 heteroatoms. The molecule has 1 fully saturated rings. The molecule has 5 nitrogen and oxygen atoms in total. The van der Waals surface area contributed by atoms with Crippen LogP contribution in [0.15, 0.2) is 0 Å². The quantitative estimate of drug-likeness (QED) is 0.776. The van der Waals surface area contributed by atoms with Gasteiger partial charge in [-0.2, -0.15) is 17.0 Å². The lowest BCUT2D eigenvalue weighted by atomic mass is 10.3. The van der Waals surface area contributed by atoms with E-state index in [0.717, 1.165) is 6.42 Å². The highest BCUT2D eigenvalue weighted by molar-refractivity contribution is 7.86. The topological polar surface area (TPSA) is 66.6 Å². The van der Waals surface area contributed by atoms with E-state index in [1.165, 1.54) is 8.61 Å². The molecular formula is C8H20ClN3O2S. The van der Waals surface area contributed by atoms with Gasteiger partial charge in [-0.25, -0.2) is 0 Å². The lowest BCUT2D eigenvalue weighted by Gasteiger charge is -2.26. The molecule has 0 radical (unpaired) electrons. The molecule has 1 aliphatic rings. The van der Waals surface area contributed by atoms with Crippen LogP contribution >= 0.6 is 12.4 Å². The van der Waals surface area contributed by atoms with Crippen molar-refractivity contribution in [3.63, 3.8) is 0 Å². The van der Waals surface area contributed by atoms with Gasteiger partial charge in [-0.05, 0) is 20.3 Å². The minimum atomic E-state index is -3.28. The lowest BCUT2D eigenvalue weighted by molar-refractivity contribution is 0.358. The molecule has 0 aromatic rings. The van der Waals surface area contributed by atoms with E-state index in [2.05, 4.69) is 0 Å². The number of hydrogen-bond donors (Lipinski definition) is 1. The molecule has 0 amide bonds. The Morgan fingerprint density at radius 2 is 2.00 bits per heavy atom. The van der Waals surface area contributed by atoms with E-state index in [1.807, 2.05) is 13.8 Å². The highest BCUT2D eigenvalue weighted by Gasteiger charge is 2.33. The van der Waals surface area contributed by atoms with Crippen LogP contribution in [0.5, 0.6) is 0 Å². The number of nitrogens with two attached hydrogens (primary N) is 1. The minimum absolute atomic E-state index is 0. The molecule has 0 spiro atoms. The Morgan fingerprint density at radius 1 is 1.47 bits per heavy atom. The zero-order valence-corrected chi connectivity index (χ0v) is 11.0. The summed E-state index contributed by atoms with van der Waals surface area (Å²) < 4.78 is 26.7. The van der Waals surface area contributed by atoms with Crippen molar-refractivity contribution in [1.82, 2.24) is 8.61 Å². The number of hydrogen-bond acceptors (Lipinski definition) is 3. The van der Waals surface area contributed by atoms with Crippen molar-refractivity contribution in [2.75, 3.05) is 20.1 Å². The molecule has 1 rings (SSSR count). The zero-order chi connectivity index (χ0) is 10.9. The summed E-state index contributed by atoms with van der Waals surface area (Å²) in [5.41, 5.74) is 5.67. The number of halogens is 1. The fourth-order valence-corrected chi connectivity index (χ4v) is 3.03. The fourth-order valence-electron chi connectivity index (χ4n) is 1.41. The van der Waals surface area contributed by atoms with Gasteiger partial charge in [-0.15, -0.1) is 12.4 Å². The van der Waals surface area contributed by atoms with Gasteiger partial charge >= 0.3 is 0 Å². The largest absolute Gasteiger partial charge is 0.326 e. The summed E-state index contributed by atoms with van der Waals surface area (Å²) in [4.78, 5) is 0. The van der Waals surface area contributed by atoms with E-state index in [9.17, 15) is 8.42 Å². The van der Waals surface area contributed by atoms with Crippen LogP contribution in [-0.2, 0) is 10.2 Å². The van der Waals surface area contributed by atoms with Crippen LogP contribution in [-0.4, -0.2) is 49.2 Å². The van der Waals surface area contributed by atoms with Gasteiger partial charge in [-0.3, -0.25) is 0 Å². The lowest BCUT2D eigenvalue weighted by Crippen LogP contribution is -2.44. The van der Waals surface area contributed by atoms with E-state index < -0.39 is 10.2 Å². The average molecular weight is 258 g/mol. The Hall–Kier alpha value is 0.120. The van der Waals surface area contributed by atoms with Gasteiger partial charge in [-0.1, -0.05) is 0 Å². The number of nitrogens with zero attached hydrogens (tertiary/aromatic N) is 2. The third-order valence-electron chi connectivity index (χ3n) is 2.60. The predicted octanol–water partition coefficient (Wildman–Crippen LogP) is 0.0262. The van der Waals surface area contributed by atoms with E-state index >= 15 is 0 Å². The highest BCUT2D eigenvalue weighted by Crippen LogP contribution is 2.16. The molecule has 0 aromatic heterocycles. The predicted molar refractivity (Wildman–Crippen MR) is 63.2 cm³/mol. The van der Waals surface area contributed by atoms with Crippen LogP contribution in [0, 0.1) is 0 Å². The zero-order valence-electron chi connectivity index (χ0n) is 9.38. The Kier molecular flexibility index (Phi) is 5.49. The maximum atomic E-state index is 11.9. The van der Waals surface area contributed by atoms with Gasteiger partial charge in [0, 0.05) is 32.2 Å². The molecule has 1 aliphatic heterocycles. The third kappa shape index (κ3) is 3.29. The first-order valence-corrected chi connectivity index (χ1v) is 6.24. The molecule has 92 valence electrons. The fraction of sp³-hybridized carbons (Fsp3) is 1.00. The normalized spacial score (nSPS) is 23.5. The minimum Gasteiger partial charge on any atom is -0.326 e. The molecule has 1 unspecified atom stereocenters. The third-order valence-corrected chi connectivity index (χ3v) is 4.74. The summed E-state index contributed by atoms with van der Waals surface area (Å²) in [6.07, 6.45) is 0.755. The van der Waals surface area contributed by atoms with Crippen LogP contribution < -0.4 is 5.73 Å². The smallest absolute Gasteiger partial charge is 0.282 e. The van der Waals surface area contributed by atoms with Crippen molar-refractivity contribution < 1.29 is 8.42 Å². The Balaban J connectivity index is 0.00000196. The number of rotatable bonds is 3. The van der Waals surface area contributed by atoms with Crippen LogP contribution in [0.4, 0.5) is 0 Å². The second-order valence-electron chi connectivity index (χ2n) is 4.02. The van der Waals surface area contributed by atoms with Crippen LogP contribution in [0.1, 0.15) is 20.3 Å². The molecule has 2 N–H and O–H groups in total. The average Bonchev–Trinajstić information content (AvgIpc) is 2.50. The van der Waals surface area contributed by atoms with Crippen molar-refractivity contribution in [3.8, 4) is 0 Å². The molecule has 0 bridgehead atoms. The molecule has 0 aliphatic carbocycles. The summed E-state index contributed by atoms with van der Waals surface area (Å²) in [5.74, 6) is 0. The Bertz CT molecular complexity index is 294. The summed E-state index contributed by atoms with van der Waals surface area (Å²) in [6, 6.07) is -0.0258. The Labute approximate surface area is 98.2 Å². The van der Waals surface area contributed by atoms with Crippen molar-refractivity contribution in [1.29, 1.82) is 0 Å². The van der Waals surface area contributed by atoms with Gasteiger partial charge in [0.25, 0.3) is 10.2 Å². The summed E-state index contributed by atoms with van der Waals surface area (Å²) in [7, 11) is -1.68. The Morgan fingerprint density at radius 3 is 2.33 bits per heavy atom. The first-order valence-electron chi connectivity index (χ1n) is 4.84. The van der Waals surface area contributed by atoms with E-state index in [0.29, 0.717) is 13.1 Å². The van der Waals surface area contributed by atoms with Gasteiger partial charge < -0.3 is 5.73 Å². The van der Waals surface area contributed by atoms with Crippen LogP contribution in [0.25, 0.3) is 0 Å². The molecule has 1 atom stereocenters. The van der Waals surface area contributed by atoms with Crippen LogP contribution in [0.3, 0.4) is 0 Å². The van der Waals surface area contributed by atoms with Gasteiger partial charge in [0.1, 0.15) is 0 Å². The molecule has 0 saturated carbocycles. The maximum absolute atomic E-state index is 11.9. The second-order valence-corrected chi connectivity index (χ2v) is 6.01. The first-order chi connectivity index (χ1) is 6.35. The molecule has 15 heavy (non-hydrogen) atoms. The highest BCUT2D eigenvalue weighted by atomic mass is 35.5. The van der Waals surface area contributed by atoms with E-state index in [-0.39, 0.29) is 24.5 Å². The van der Waals surface area contributed by atoms with Crippen molar-refractivity contribution in [2.45, 2.75) is 32.4 Å².